The molecule has 7 heteroatoms. The normalized spacial score (nSPS) is 22.9. The molecule has 2 heterocycles. The van der Waals surface area contributed by atoms with E-state index in [1.807, 2.05) is 30.3 Å². The van der Waals surface area contributed by atoms with E-state index in [4.69, 9.17) is 21.1 Å². The van der Waals surface area contributed by atoms with Crippen LogP contribution in [0.1, 0.15) is 28.7 Å². The van der Waals surface area contributed by atoms with Crippen molar-refractivity contribution < 1.29 is 19.1 Å². The lowest BCUT2D eigenvalue weighted by molar-refractivity contribution is -0.126. The number of carbonyl (C=O) groups is 2. The molecule has 0 bridgehead atoms. The maximum Gasteiger partial charge on any atom is 0.235 e. The second-order valence-corrected chi connectivity index (χ2v) is 7.86. The van der Waals surface area contributed by atoms with E-state index in [2.05, 4.69) is 10.3 Å². The number of fused-ring (bicyclic) bond motifs is 5. The molecule has 0 radical (unpaired) electrons. The first-order valence-corrected chi connectivity index (χ1v) is 9.77. The van der Waals surface area contributed by atoms with Crippen LogP contribution in [0.5, 0.6) is 11.5 Å². The first-order chi connectivity index (χ1) is 14.0. The van der Waals surface area contributed by atoms with Crippen LogP contribution in [0.15, 0.2) is 36.4 Å². The minimum Gasteiger partial charge on any atom is -0.497 e. The van der Waals surface area contributed by atoms with Crippen LogP contribution in [0.3, 0.4) is 0 Å². The predicted octanol–water partition coefficient (Wildman–Crippen LogP) is 3.53. The van der Waals surface area contributed by atoms with Gasteiger partial charge in [-0.1, -0.05) is 17.7 Å². The van der Waals surface area contributed by atoms with Crippen LogP contribution in [0.4, 0.5) is 0 Å². The molecule has 3 atom stereocenters. The van der Waals surface area contributed by atoms with Crippen molar-refractivity contribution in [3.05, 3.63) is 58.2 Å². The van der Waals surface area contributed by atoms with Gasteiger partial charge in [0.15, 0.2) is 0 Å². The fraction of sp³-hybridized carbons (Fsp3) is 0.273. The summed E-state index contributed by atoms with van der Waals surface area (Å²) in [6.45, 7) is 0. The molecule has 1 saturated heterocycles. The highest BCUT2D eigenvalue weighted by Gasteiger charge is 2.52. The zero-order valence-electron chi connectivity index (χ0n) is 15.9. The Labute approximate surface area is 172 Å². The number of ether oxygens (including phenoxy) is 2. The number of amides is 2. The van der Waals surface area contributed by atoms with Crippen molar-refractivity contribution in [3.63, 3.8) is 0 Å². The van der Waals surface area contributed by atoms with Crippen molar-refractivity contribution in [1.82, 2.24) is 10.3 Å². The van der Waals surface area contributed by atoms with Gasteiger partial charge in [0, 0.05) is 33.1 Å². The predicted molar refractivity (Wildman–Crippen MR) is 109 cm³/mol. The third-order valence-corrected chi connectivity index (χ3v) is 6.42. The molecule has 5 rings (SSSR count). The maximum atomic E-state index is 12.9. The molecule has 148 valence electrons. The Balaban J connectivity index is 1.75. The summed E-state index contributed by atoms with van der Waals surface area (Å²) in [5.41, 5.74) is 3.48. The zero-order valence-corrected chi connectivity index (χ0v) is 16.7. The van der Waals surface area contributed by atoms with Gasteiger partial charge in [0.1, 0.15) is 11.5 Å². The quantitative estimate of drug-likeness (QED) is 0.647. The smallest absolute Gasteiger partial charge is 0.235 e. The van der Waals surface area contributed by atoms with E-state index in [1.54, 1.807) is 20.3 Å². The largest absolute Gasteiger partial charge is 0.497 e. The number of H-pyrrole nitrogens is 1. The molecule has 1 fully saturated rings. The van der Waals surface area contributed by atoms with Crippen molar-refractivity contribution in [2.24, 2.45) is 5.92 Å². The number of benzene rings is 2. The third kappa shape index (κ3) is 2.55. The van der Waals surface area contributed by atoms with Gasteiger partial charge in [-0.05, 0) is 42.3 Å². The average molecular weight is 411 g/mol. The van der Waals surface area contributed by atoms with Gasteiger partial charge in [-0.15, -0.1) is 0 Å². The van der Waals surface area contributed by atoms with Crippen LogP contribution >= 0.6 is 11.6 Å². The number of hydrogen-bond donors (Lipinski definition) is 2. The monoisotopic (exact) mass is 410 g/mol. The summed E-state index contributed by atoms with van der Waals surface area (Å²) >= 11 is 6.54. The van der Waals surface area contributed by atoms with Crippen molar-refractivity contribution in [2.75, 3.05) is 14.2 Å². The summed E-state index contributed by atoms with van der Waals surface area (Å²) in [6.07, 6.45) is 0.550. The van der Waals surface area contributed by atoms with E-state index in [-0.39, 0.29) is 17.7 Å². The number of aromatic amines is 1. The van der Waals surface area contributed by atoms with E-state index < -0.39 is 11.8 Å². The highest BCUT2D eigenvalue weighted by Crippen LogP contribution is 2.52. The number of aromatic nitrogens is 1. The van der Waals surface area contributed by atoms with Crippen LogP contribution in [0.2, 0.25) is 5.02 Å². The molecular formula is C22H19ClN2O4. The van der Waals surface area contributed by atoms with Gasteiger partial charge in [0.05, 0.1) is 26.1 Å². The molecule has 2 aromatic carbocycles. The standard InChI is InChI=1S/C22H19ClN2O4/c1-28-10-6-7-14-11(8-10)18-15(24-14)9-12(19-20(18)22(27)25-21(19)26)17-13(23)4-3-5-16(17)29-2/h3-8,12,19-20,24H,9H2,1-2H3,(H,25,26,27). The number of methoxy groups -OCH3 is 2. The van der Waals surface area contributed by atoms with Crippen LogP contribution in [0, 0.1) is 5.92 Å². The number of carbonyl (C=O) groups excluding carboxylic acids is 2. The summed E-state index contributed by atoms with van der Waals surface area (Å²) in [4.78, 5) is 29.1. The second kappa shape index (κ2) is 6.52. The van der Waals surface area contributed by atoms with Crippen molar-refractivity contribution in [2.45, 2.75) is 18.3 Å². The van der Waals surface area contributed by atoms with Gasteiger partial charge in [-0.25, -0.2) is 0 Å². The van der Waals surface area contributed by atoms with Gasteiger partial charge < -0.3 is 14.5 Å². The SMILES string of the molecule is COc1ccc2[nH]c3c(c2c1)C1C(=O)NC(=O)C1C(c1c(Cl)cccc1OC)C3. The Morgan fingerprint density at radius 2 is 1.86 bits per heavy atom. The van der Waals surface area contributed by atoms with E-state index in [0.717, 1.165) is 27.7 Å². The molecule has 0 spiro atoms. The fourth-order valence-corrected chi connectivity index (χ4v) is 5.20. The van der Waals surface area contributed by atoms with Crippen LogP contribution < -0.4 is 14.8 Å². The topological polar surface area (TPSA) is 80.4 Å². The number of rotatable bonds is 3. The zero-order chi connectivity index (χ0) is 20.3. The average Bonchev–Trinajstić information content (AvgIpc) is 3.23. The summed E-state index contributed by atoms with van der Waals surface area (Å²) in [6, 6.07) is 11.1. The van der Waals surface area contributed by atoms with Crippen molar-refractivity contribution in [3.8, 4) is 11.5 Å². The molecular weight excluding hydrogens is 392 g/mol. The Bertz CT molecular complexity index is 1170. The summed E-state index contributed by atoms with van der Waals surface area (Å²) in [7, 11) is 3.19. The Morgan fingerprint density at radius 1 is 1.03 bits per heavy atom. The van der Waals surface area contributed by atoms with Gasteiger partial charge in [0.2, 0.25) is 11.8 Å². The lowest BCUT2D eigenvalue weighted by atomic mass is 9.69. The number of halogens is 1. The maximum absolute atomic E-state index is 12.9. The lowest BCUT2D eigenvalue weighted by Gasteiger charge is -2.32. The van der Waals surface area contributed by atoms with Gasteiger partial charge in [0.25, 0.3) is 0 Å². The summed E-state index contributed by atoms with van der Waals surface area (Å²) in [5, 5.41) is 3.97. The molecule has 1 aliphatic heterocycles. The summed E-state index contributed by atoms with van der Waals surface area (Å²) < 4.78 is 10.9. The minimum atomic E-state index is -0.585. The molecule has 6 nitrogen and oxygen atoms in total. The molecule has 3 aromatic rings. The highest BCUT2D eigenvalue weighted by atomic mass is 35.5. The first-order valence-electron chi connectivity index (χ1n) is 9.39. The number of hydrogen-bond acceptors (Lipinski definition) is 4. The van der Waals surface area contributed by atoms with Crippen LogP contribution in [-0.2, 0) is 16.0 Å². The van der Waals surface area contributed by atoms with E-state index >= 15 is 0 Å². The van der Waals surface area contributed by atoms with E-state index in [0.29, 0.717) is 22.9 Å². The fourth-order valence-electron chi connectivity index (χ4n) is 4.90. The Morgan fingerprint density at radius 3 is 2.62 bits per heavy atom. The van der Waals surface area contributed by atoms with E-state index in [1.165, 1.54) is 0 Å². The first kappa shape index (κ1) is 18.1. The highest BCUT2D eigenvalue weighted by molar-refractivity contribution is 6.31. The van der Waals surface area contributed by atoms with Crippen molar-refractivity contribution >= 4 is 34.3 Å². The van der Waals surface area contributed by atoms with E-state index in [9.17, 15) is 9.59 Å². The second-order valence-electron chi connectivity index (χ2n) is 7.45. The number of imide groups is 1. The molecule has 2 amide bonds. The van der Waals surface area contributed by atoms with Crippen molar-refractivity contribution in [1.29, 1.82) is 0 Å². The van der Waals surface area contributed by atoms with Crippen LogP contribution in [-0.4, -0.2) is 31.0 Å². The summed E-state index contributed by atoms with van der Waals surface area (Å²) in [5.74, 6) is -0.634. The molecule has 29 heavy (non-hydrogen) atoms. The molecule has 2 N–H and O–H groups in total. The lowest BCUT2D eigenvalue weighted by Crippen LogP contribution is -2.31. The Hall–Kier alpha value is -2.99. The minimum absolute atomic E-state index is 0.269. The number of nitrogens with one attached hydrogen (secondary N) is 2. The van der Waals surface area contributed by atoms with Gasteiger partial charge in [-0.3, -0.25) is 14.9 Å². The Kier molecular flexibility index (Phi) is 4.06. The molecule has 3 unspecified atom stereocenters. The van der Waals surface area contributed by atoms with Gasteiger partial charge >= 0.3 is 0 Å². The van der Waals surface area contributed by atoms with Gasteiger partial charge in [-0.2, -0.15) is 0 Å². The molecule has 0 saturated carbocycles. The third-order valence-electron chi connectivity index (χ3n) is 6.09. The molecule has 2 aliphatic rings. The van der Waals surface area contributed by atoms with Crippen LogP contribution in [0.25, 0.3) is 10.9 Å². The molecule has 1 aromatic heterocycles. The molecule has 1 aliphatic carbocycles.